The molecular weight excluding hydrogens is 196 g/mol. The molecule has 1 aromatic carbocycles. The van der Waals surface area contributed by atoms with E-state index in [9.17, 15) is 4.79 Å². The Kier molecular flexibility index (Phi) is 1.42. The van der Waals surface area contributed by atoms with Crippen molar-refractivity contribution in [2.24, 2.45) is 0 Å². The summed E-state index contributed by atoms with van der Waals surface area (Å²) in [4.78, 5) is 10.7. The van der Waals surface area contributed by atoms with Gasteiger partial charge in [-0.2, -0.15) is 0 Å². The second kappa shape index (κ2) is 2.63. The fourth-order valence-electron chi connectivity index (χ4n) is 1.65. The van der Waals surface area contributed by atoms with Gasteiger partial charge in [-0.1, -0.05) is 0 Å². The highest BCUT2D eigenvalue weighted by Gasteiger charge is 2.13. The molecule has 3 aromatic rings. The maximum absolute atomic E-state index is 10.7. The molecule has 15 heavy (non-hydrogen) atoms. The molecule has 0 fully saturated rings. The average molecular weight is 202 g/mol. The maximum Gasteiger partial charge on any atom is 0.371 e. The van der Waals surface area contributed by atoms with E-state index < -0.39 is 5.97 Å². The zero-order valence-electron chi connectivity index (χ0n) is 7.56. The molecule has 0 aliphatic rings. The number of aromatic carboxylic acids is 1. The maximum atomic E-state index is 10.7. The second-order valence-corrected chi connectivity index (χ2v) is 3.23. The van der Waals surface area contributed by atoms with Crippen molar-refractivity contribution in [3.8, 4) is 0 Å². The third kappa shape index (κ3) is 1.05. The minimum absolute atomic E-state index is 0.0568. The average Bonchev–Trinajstić information content (AvgIpc) is 2.82. The Morgan fingerprint density at radius 3 is 2.93 bits per heavy atom. The van der Waals surface area contributed by atoms with Gasteiger partial charge in [0.25, 0.3) is 0 Å². The van der Waals surface area contributed by atoms with E-state index in [-0.39, 0.29) is 5.76 Å². The van der Waals surface area contributed by atoms with Gasteiger partial charge in [0.2, 0.25) is 5.76 Å². The van der Waals surface area contributed by atoms with E-state index in [2.05, 4.69) is 0 Å². The Labute approximate surface area is 83.7 Å². The molecule has 0 spiro atoms. The molecule has 0 aliphatic heterocycles. The highest BCUT2D eigenvalue weighted by Crippen LogP contribution is 2.28. The van der Waals surface area contributed by atoms with Crippen molar-refractivity contribution < 1.29 is 18.7 Å². The summed E-state index contributed by atoms with van der Waals surface area (Å²) in [6.07, 6.45) is 1.55. The predicted octanol–water partition coefficient (Wildman–Crippen LogP) is 2.88. The molecule has 0 radical (unpaired) electrons. The largest absolute Gasteiger partial charge is 0.475 e. The summed E-state index contributed by atoms with van der Waals surface area (Å²) in [5.74, 6) is -1.12. The van der Waals surface area contributed by atoms with Crippen LogP contribution in [-0.2, 0) is 0 Å². The van der Waals surface area contributed by atoms with E-state index in [1.165, 1.54) is 6.07 Å². The smallest absolute Gasteiger partial charge is 0.371 e. The van der Waals surface area contributed by atoms with Crippen molar-refractivity contribution in [3.63, 3.8) is 0 Å². The summed E-state index contributed by atoms with van der Waals surface area (Å²) >= 11 is 0. The van der Waals surface area contributed by atoms with Crippen LogP contribution in [0.1, 0.15) is 10.6 Å². The van der Waals surface area contributed by atoms with Gasteiger partial charge in [0.15, 0.2) is 0 Å². The normalized spacial score (nSPS) is 11.2. The van der Waals surface area contributed by atoms with Crippen LogP contribution in [0.4, 0.5) is 0 Å². The first-order chi connectivity index (χ1) is 7.25. The Hall–Kier alpha value is -2.23. The van der Waals surface area contributed by atoms with Gasteiger partial charge in [-0.15, -0.1) is 0 Å². The van der Waals surface area contributed by atoms with Crippen LogP contribution >= 0.6 is 0 Å². The van der Waals surface area contributed by atoms with Crippen LogP contribution in [-0.4, -0.2) is 11.1 Å². The third-order valence-electron chi connectivity index (χ3n) is 2.33. The van der Waals surface area contributed by atoms with Crippen molar-refractivity contribution in [3.05, 3.63) is 36.3 Å². The number of hydrogen-bond donors (Lipinski definition) is 1. The topological polar surface area (TPSA) is 63.6 Å². The van der Waals surface area contributed by atoms with Gasteiger partial charge in [-0.25, -0.2) is 4.79 Å². The van der Waals surface area contributed by atoms with Crippen LogP contribution in [0.2, 0.25) is 0 Å². The number of hydrogen-bond acceptors (Lipinski definition) is 3. The van der Waals surface area contributed by atoms with Crippen LogP contribution in [0, 0.1) is 0 Å². The van der Waals surface area contributed by atoms with Crippen molar-refractivity contribution in [2.75, 3.05) is 0 Å². The third-order valence-corrected chi connectivity index (χ3v) is 2.33. The molecule has 0 saturated carbocycles. The molecule has 0 bridgehead atoms. The monoisotopic (exact) mass is 202 g/mol. The first kappa shape index (κ1) is 8.11. The minimum Gasteiger partial charge on any atom is -0.475 e. The molecule has 3 rings (SSSR count). The Bertz CT molecular complexity index is 659. The fraction of sp³-hybridized carbons (Fsp3) is 0. The van der Waals surface area contributed by atoms with Gasteiger partial charge in [0.1, 0.15) is 11.2 Å². The lowest BCUT2D eigenvalue weighted by molar-refractivity contribution is 0.0665. The van der Waals surface area contributed by atoms with Crippen molar-refractivity contribution in [1.82, 2.24) is 0 Å². The molecule has 0 saturated heterocycles. The van der Waals surface area contributed by atoms with E-state index in [4.69, 9.17) is 13.9 Å². The molecule has 0 atom stereocenters. The molecular formula is C11H6O4. The number of carbonyl (C=O) groups is 1. The lowest BCUT2D eigenvalue weighted by Crippen LogP contribution is -1.91. The van der Waals surface area contributed by atoms with Crippen molar-refractivity contribution in [1.29, 1.82) is 0 Å². The highest BCUT2D eigenvalue weighted by molar-refractivity contribution is 6.04. The number of carboxylic acid groups (broad SMARTS) is 1. The zero-order valence-corrected chi connectivity index (χ0v) is 7.56. The molecule has 0 aliphatic carbocycles. The molecule has 4 nitrogen and oxygen atoms in total. The van der Waals surface area contributed by atoms with Gasteiger partial charge in [-0.3, -0.25) is 0 Å². The quantitative estimate of drug-likeness (QED) is 0.658. The number of carboxylic acids is 1. The van der Waals surface area contributed by atoms with E-state index in [0.29, 0.717) is 11.2 Å². The van der Waals surface area contributed by atoms with Crippen LogP contribution in [0.25, 0.3) is 21.9 Å². The number of furan rings is 2. The van der Waals surface area contributed by atoms with Crippen LogP contribution in [0.5, 0.6) is 0 Å². The SMILES string of the molecule is O=C(O)c1cc2ccc3occc3c2o1. The van der Waals surface area contributed by atoms with Crippen LogP contribution in [0.3, 0.4) is 0 Å². The standard InChI is InChI=1S/C11H6O4/c12-11(13)9-5-6-1-2-8-7(3-4-14-8)10(6)15-9/h1-5H,(H,12,13). The minimum atomic E-state index is -1.07. The highest BCUT2D eigenvalue weighted by atomic mass is 16.4. The first-order valence-electron chi connectivity index (χ1n) is 4.39. The zero-order chi connectivity index (χ0) is 10.4. The molecule has 0 unspecified atom stereocenters. The number of rotatable bonds is 1. The van der Waals surface area contributed by atoms with Gasteiger partial charge in [0, 0.05) is 5.39 Å². The number of benzene rings is 1. The Balaban J connectivity index is 2.46. The summed E-state index contributed by atoms with van der Waals surface area (Å²) in [5.41, 5.74) is 1.24. The van der Waals surface area contributed by atoms with Gasteiger partial charge in [-0.05, 0) is 24.3 Å². The van der Waals surface area contributed by atoms with E-state index in [1.54, 1.807) is 24.5 Å². The molecule has 74 valence electrons. The van der Waals surface area contributed by atoms with Gasteiger partial charge in [0.05, 0.1) is 11.6 Å². The van der Waals surface area contributed by atoms with Crippen molar-refractivity contribution in [2.45, 2.75) is 0 Å². The lowest BCUT2D eigenvalue weighted by atomic mass is 10.2. The molecule has 0 amide bonds. The lowest BCUT2D eigenvalue weighted by Gasteiger charge is -1.88. The van der Waals surface area contributed by atoms with Crippen LogP contribution in [0.15, 0.2) is 39.4 Å². The molecule has 2 aromatic heterocycles. The molecule has 4 heteroatoms. The first-order valence-corrected chi connectivity index (χ1v) is 4.39. The summed E-state index contributed by atoms with van der Waals surface area (Å²) in [6, 6.07) is 6.83. The van der Waals surface area contributed by atoms with E-state index in [1.807, 2.05) is 0 Å². The van der Waals surface area contributed by atoms with Gasteiger partial charge >= 0.3 is 5.97 Å². The van der Waals surface area contributed by atoms with Crippen LogP contribution < -0.4 is 0 Å². The van der Waals surface area contributed by atoms with E-state index in [0.717, 1.165) is 10.8 Å². The summed E-state index contributed by atoms with van der Waals surface area (Å²) in [5, 5.41) is 10.3. The second-order valence-electron chi connectivity index (χ2n) is 3.23. The Morgan fingerprint density at radius 2 is 2.13 bits per heavy atom. The van der Waals surface area contributed by atoms with Crippen molar-refractivity contribution >= 4 is 27.9 Å². The fourth-order valence-corrected chi connectivity index (χ4v) is 1.65. The molecule has 1 N–H and O–H groups in total. The van der Waals surface area contributed by atoms with Gasteiger partial charge < -0.3 is 13.9 Å². The number of fused-ring (bicyclic) bond motifs is 3. The molecule has 2 heterocycles. The summed E-state index contributed by atoms with van der Waals surface area (Å²) in [7, 11) is 0. The Morgan fingerprint density at radius 1 is 1.27 bits per heavy atom. The summed E-state index contributed by atoms with van der Waals surface area (Å²) in [6.45, 7) is 0. The summed E-state index contributed by atoms with van der Waals surface area (Å²) < 4.78 is 10.4. The van der Waals surface area contributed by atoms with E-state index >= 15 is 0 Å². The predicted molar refractivity (Wildman–Crippen MR) is 52.9 cm³/mol.